The highest BCUT2D eigenvalue weighted by molar-refractivity contribution is 5.87. The summed E-state index contributed by atoms with van der Waals surface area (Å²) in [6.07, 6.45) is 3.28. The van der Waals surface area contributed by atoms with Crippen molar-refractivity contribution in [3.05, 3.63) is 77.3 Å². The molecule has 3 heterocycles. The zero-order chi connectivity index (χ0) is 20.4. The number of pyridine rings is 3. The number of fused-ring (bicyclic) bond motifs is 1. The summed E-state index contributed by atoms with van der Waals surface area (Å²) in [5.74, 6) is 1.41. The summed E-state index contributed by atoms with van der Waals surface area (Å²) >= 11 is 0. The Bertz CT molecular complexity index is 1280. The average molecular weight is 386 g/mol. The van der Waals surface area contributed by atoms with Gasteiger partial charge in [-0.2, -0.15) is 0 Å². The first-order valence-corrected chi connectivity index (χ1v) is 8.98. The van der Waals surface area contributed by atoms with Gasteiger partial charge >= 0.3 is 0 Å². The van der Waals surface area contributed by atoms with Crippen LogP contribution >= 0.6 is 0 Å². The van der Waals surface area contributed by atoms with Crippen molar-refractivity contribution < 1.29 is 9.53 Å². The van der Waals surface area contributed by atoms with Crippen molar-refractivity contribution in [3.8, 4) is 22.8 Å². The largest absolute Gasteiger partial charge is 0.457 e. The molecule has 0 spiro atoms. The molecular formula is C22H18N4O3. The zero-order valence-electron chi connectivity index (χ0n) is 15.9. The van der Waals surface area contributed by atoms with Gasteiger partial charge in [0.05, 0.1) is 16.8 Å². The fraction of sp³-hybridized carbons (Fsp3) is 0.0909. The first-order chi connectivity index (χ1) is 14.0. The summed E-state index contributed by atoms with van der Waals surface area (Å²) in [7, 11) is 1.72. The maximum Gasteiger partial charge on any atom is 0.259 e. The lowest BCUT2D eigenvalue weighted by Gasteiger charge is -2.09. The van der Waals surface area contributed by atoms with Gasteiger partial charge in [0.15, 0.2) is 0 Å². The van der Waals surface area contributed by atoms with E-state index in [2.05, 4.69) is 15.3 Å². The van der Waals surface area contributed by atoms with Gasteiger partial charge in [-0.25, -0.2) is 9.97 Å². The summed E-state index contributed by atoms with van der Waals surface area (Å²) in [5.41, 5.74) is 1.85. The van der Waals surface area contributed by atoms with Crippen molar-refractivity contribution in [2.75, 3.05) is 5.32 Å². The SMILES string of the molecule is CC(=O)Nc1cc(Oc2ccc3nc(-c4cccn(C)c4=O)ccc3c2)ccn1. The molecule has 0 aliphatic heterocycles. The van der Waals surface area contributed by atoms with Crippen molar-refractivity contribution >= 4 is 22.6 Å². The second-order valence-corrected chi connectivity index (χ2v) is 6.55. The van der Waals surface area contributed by atoms with Gasteiger partial charge in [-0.15, -0.1) is 0 Å². The summed E-state index contributed by atoms with van der Waals surface area (Å²) in [6, 6.07) is 16.2. The maximum atomic E-state index is 12.3. The molecule has 7 heteroatoms. The monoisotopic (exact) mass is 386 g/mol. The number of ether oxygens (including phenoxy) is 1. The number of carbonyl (C=O) groups is 1. The lowest BCUT2D eigenvalue weighted by atomic mass is 10.1. The van der Waals surface area contributed by atoms with Crippen molar-refractivity contribution in [1.82, 2.24) is 14.5 Å². The van der Waals surface area contributed by atoms with Gasteiger partial charge in [0.2, 0.25) is 5.91 Å². The first-order valence-electron chi connectivity index (χ1n) is 8.98. The van der Waals surface area contributed by atoms with Crippen LogP contribution in [0.2, 0.25) is 0 Å². The lowest BCUT2D eigenvalue weighted by molar-refractivity contribution is -0.114. The molecule has 0 aliphatic rings. The third-order valence-electron chi connectivity index (χ3n) is 4.33. The normalized spacial score (nSPS) is 10.7. The number of hydrogen-bond acceptors (Lipinski definition) is 5. The van der Waals surface area contributed by atoms with E-state index in [1.54, 1.807) is 43.7 Å². The molecule has 7 nitrogen and oxygen atoms in total. The predicted molar refractivity (Wildman–Crippen MR) is 111 cm³/mol. The van der Waals surface area contributed by atoms with Crippen LogP contribution in [0.25, 0.3) is 22.2 Å². The van der Waals surface area contributed by atoms with Crippen LogP contribution in [-0.2, 0) is 11.8 Å². The molecule has 0 atom stereocenters. The Hall–Kier alpha value is -4.00. The van der Waals surface area contributed by atoms with E-state index in [1.807, 2.05) is 30.3 Å². The van der Waals surface area contributed by atoms with E-state index in [1.165, 1.54) is 11.5 Å². The van der Waals surface area contributed by atoms with Crippen LogP contribution in [-0.4, -0.2) is 20.4 Å². The van der Waals surface area contributed by atoms with Crippen LogP contribution in [0, 0.1) is 0 Å². The number of anilines is 1. The molecule has 0 radical (unpaired) electrons. The fourth-order valence-electron chi connectivity index (χ4n) is 2.97. The van der Waals surface area contributed by atoms with Crippen molar-refractivity contribution in [2.24, 2.45) is 7.05 Å². The summed E-state index contributed by atoms with van der Waals surface area (Å²) < 4.78 is 7.42. The van der Waals surface area contributed by atoms with E-state index in [9.17, 15) is 9.59 Å². The predicted octanol–water partition coefficient (Wildman–Crippen LogP) is 3.75. The fourth-order valence-corrected chi connectivity index (χ4v) is 2.97. The Balaban J connectivity index is 1.63. The molecule has 1 amide bonds. The molecule has 0 unspecified atom stereocenters. The van der Waals surface area contributed by atoms with Crippen LogP contribution in [0.15, 0.2) is 71.8 Å². The molecule has 0 saturated carbocycles. The van der Waals surface area contributed by atoms with E-state index in [-0.39, 0.29) is 11.5 Å². The smallest absolute Gasteiger partial charge is 0.259 e. The van der Waals surface area contributed by atoms with Crippen LogP contribution in [0.4, 0.5) is 5.82 Å². The van der Waals surface area contributed by atoms with Crippen molar-refractivity contribution in [3.63, 3.8) is 0 Å². The maximum absolute atomic E-state index is 12.3. The van der Waals surface area contributed by atoms with Gasteiger partial charge in [0, 0.05) is 37.8 Å². The van der Waals surface area contributed by atoms with Gasteiger partial charge in [-0.05, 0) is 42.5 Å². The molecule has 1 aromatic carbocycles. The van der Waals surface area contributed by atoms with E-state index in [0.717, 1.165) is 10.9 Å². The van der Waals surface area contributed by atoms with E-state index in [0.29, 0.717) is 28.6 Å². The zero-order valence-corrected chi connectivity index (χ0v) is 15.9. The number of benzene rings is 1. The Labute approximate surface area is 166 Å². The first kappa shape index (κ1) is 18.4. The van der Waals surface area contributed by atoms with Gasteiger partial charge in [-0.3, -0.25) is 9.59 Å². The molecule has 0 bridgehead atoms. The van der Waals surface area contributed by atoms with Crippen molar-refractivity contribution in [2.45, 2.75) is 6.92 Å². The van der Waals surface area contributed by atoms with E-state index >= 15 is 0 Å². The number of rotatable bonds is 4. The third-order valence-corrected chi connectivity index (χ3v) is 4.33. The number of aromatic nitrogens is 3. The minimum Gasteiger partial charge on any atom is -0.457 e. The second kappa shape index (κ2) is 7.55. The van der Waals surface area contributed by atoms with Crippen molar-refractivity contribution in [1.29, 1.82) is 0 Å². The number of nitrogens with zero attached hydrogens (tertiary/aromatic N) is 3. The molecule has 0 fully saturated rings. The topological polar surface area (TPSA) is 86.1 Å². The quantitative estimate of drug-likeness (QED) is 0.577. The Morgan fingerprint density at radius 3 is 2.72 bits per heavy atom. The van der Waals surface area contributed by atoms with Crippen LogP contribution in [0.1, 0.15) is 6.92 Å². The Morgan fingerprint density at radius 2 is 1.90 bits per heavy atom. The minimum absolute atomic E-state index is 0.0908. The van der Waals surface area contributed by atoms with Gasteiger partial charge in [-0.1, -0.05) is 6.07 Å². The standard InChI is InChI=1S/C22H18N4O3/c1-14(27)24-21-13-17(9-10-23-21)29-16-6-8-19-15(12-16)5-7-20(25-19)18-4-3-11-26(2)22(18)28/h3-13H,1-2H3,(H,23,24,27). The van der Waals surface area contributed by atoms with Gasteiger partial charge in [0.25, 0.3) is 5.56 Å². The molecule has 29 heavy (non-hydrogen) atoms. The molecular weight excluding hydrogens is 368 g/mol. The van der Waals surface area contributed by atoms with E-state index < -0.39 is 0 Å². The molecule has 1 N–H and O–H groups in total. The molecule has 4 rings (SSSR count). The second-order valence-electron chi connectivity index (χ2n) is 6.55. The Morgan fingerprint density at radius 1 is 1.07 bits per heavy atom. The number of amides is 1. The number of aryl methyl sites for hydroxylation is 1. The number of carbonyl (C=O) groups excluding carboxylic acids is 1. The summed E-state index contributed by atoms with van der Waals surface area (Å²) in [6.45, 7) is 1.42. The van der Waals surface area contributed by atoms with Gasteiger partial charge < -0.3 is 14.6 Å². The third kappa shape index (κ3) is 3.98. The molecule has 0 saturated heterocycles. The average Bonchev–Trinajstić information content (AvgIpc) is 2.69. The molecule has 0 aliphatic carbocycles. The van der Waals surface area contributed by atoms with Gasteiger partial charge in [0.1, 0.15) is 17.3 Å². The summed E-state index contributed by atoms with van der Waals surface area (Å²) in [5, 5.41) is 3.51. The molecule has 144 valence electrons. The number of nitrogens with one attached hydrogen (secondary N) is 1. The lowest BCUT2D eigenvalue weighted by Crippen LogP contribution is -2.17. The number of hydrogen-bond donors (Lipinski definition) is 1. The molecule has 4 aromatic rings. The van der Waals surface area contributed by atoms with E-state index in [4.69, 9.17) is 4.74 Å². The van der Waals surface area contributed by atoms with Crippen LogP contribution in [0.3, 0.4) is 0 Å². The van der Waals surface area contributed by atoms with Crippen LogP contribution < -0.4 is 15.6 Å². The highest BCUT2D eigenvalue weighted by Gasteiger charge is 2.08. The highest BCUT2D eigenvalue weighted by Crippen LogP contribution is 2.27. The minimum atomic E-state index is -0.199. The summed E-state index contributed by atoms with van der Waals surface area (Å²) in [4.78, 5) is 32.2. The molecule has 3 aromatic heterocycles. The van der Waals surface area contributed by atoms with Crippen LogP contribution in [0.5, 0.6) is 11.5 Å². The Kier molecular flexibility index (Phi) is 4.78. The highest BCUT2D eigenvalue weighted by atomic mass is 16.5.